The van der Waals surface area contributed by atoms with Gasteiger partial charge in [-0.15, -0.1) is 0 Å². The van der Waals surface area contributed by atoms with Crippen molar-refractivity contribution in [3.63, 3.8) is 0 Å². The molecule has 8 atom stereocenters. The van der Waals surface area contributed by atoms with E-state index in [0.717, 1.165) is 38.5 Å². The zero-order chi connectivity index (χ0) is 15.7. The molecule has 4 rings (SSSR count). The van der Waals surface area contributed by atoms with E-state index in [1.54, 1.807) is 0 Å². The molecular formula is C19H30O3. The van der Waals surface area contributed by atoms with Crippen molar-refractivity contribution < 1.29 is 15.0 Å². The van der Waals surface area contributed by atoms with Crippen LogP contribution in [0.4, 0.5) is 0 Å². The summed E-state index contributed by atoms with van der Waals surface area (Å²) in [4.78, 5) is 12.8. The lowest BCUT2D eigenvalue weighted by molar-refractivity contribution is -0.161. The van der Waals surface area contributed by atoms with Crippen LogP contribution in [0.3, 0.4) is 0 Å². The maximum Gasteiger partial charge on any atom is 0.136 e. The molecule has 4 saturated carbocycles. The van der Waals surface area contributed by atoms with Crippen LogP contribution in [0, 0.1) is 34.5 Å². The van der Waals surface area contributed by atoms with Gasteiger partial charge >= 0.3 is 0 Å². The van der Waals surface area contributed by atoms with E-state index in [4.69, 9.17) is 0 Å². The Kier molecular flexibility index (Phi) is 3.30. The molecule has 0 spiro atoms. The molecule has 0 aromatic heterocycles. The lowest BCUT2D eigenvalue weighted by Crippen LogP contribution is -2.57. The summed E-state index contributed by atoms with van der Waals surface area (Å²) in [5, 5.41) is 20.5. The van der Waals surface area contributed by atoms with Crippen LogP contribution >= 0.6 is 0 Å². The molecule has 0 saturated heterocycles. The molecule has 0 aliphatic heterocycles. The van der Waals surface area contributed by atoms with Gasteiger partial charge in [-0.2, -0.15) is 0 Å². The monoisotopic (exact) mass is 306 g/mol. The minimum atomic E-state index is -0.277. The normalized spacial score (nSPS) is 57.9. The molecular weight excluding hydrogens is 276 g/mol. The van der Waals surface area contributed by atoms with Gasteiger partial charge in [0, 0.05) is 12.3 Å². The van der Waals surface area contributed by atoms with Gasteiger partial charge in [-0.3, -0.25) is 4.79 Å². The summed E-state index contributed by atoms with van der Waals surface area (Å²) in [6.07, 6.45) is 7.06. The van der Waals surface area contributed by atoms with E-state index in [1.165, 1.54) is 0 Å². The predicted octanol–water partition coefficient (Wildman–Crippen LogP) is 2.93. The molecule has 4 aliphatic carbocycles. The van der Waals surface area contributed by atoms with Crippen LogP contribution in [0.25, 0.3) is 0 Å². The number of hydrogen-bond donors (Lipinski definition) is 2. The Bertz CT molecular complexity index is 489. The Balaban J connectivity index is 1.68. The van der Waals surface area contributed by atoms with Crippen molar-refractivity contribution in [3.8, 4) is 0 Å². The molecule has 0 aromatic carbocycles. The summed E-state index contributed by atoms with van der Waals surface area (Å²) in [7, 11) is 0. The number of fused-ring (bicyclic) bond motifs is 5. The average Bonchev–Trinajstić information content (AvgIpc) is 2.77. The second-order valence-electron chi connectivity index (χ2n) is 9.17. The van der Waals surface area contributed by atoms with Crippen LogP contribution < -0.4 is 0 Å². The molecule has 124 valence electrons. The van der Waals surface area contributed by atoms with Gasteiger partial charge in [0.25, 0.3) is 0 Å². The van der Waals surface area contributed by atoms with Crippen molar-refractivity contribution in [2.24, 2.45) is 34.5 Å². The van der Waals surface area contributed by atoms with Crippen molar-refractivity contribution in [1.82, 2.24) is 0 Å². The molecule has 4 fully saturated rings. The summed E-state index contributed by atoms with van der Waals surface area (Å²) in [6, 6.07) is 0. The van der Waals surface area contributed by atoms with Gasteiger partial charge in [-0.1, -0.05) is 13.8 Å². The maximum atomic E-state index is 12.8. The highest BCUT2D eigenvalue weighted by Gasteiger charge is 2.61. The van der Waals surface area contributed by atoms with E-state index in [0.29, 0.717) is 36.4 Å². The summed E-state index contributed by atoms with van der Waals surface area (Å²) < 4.78 is 0. The Morgan fingerprint density at radius 2 is 1.64 bits per heavy atom. The zero-order valence-electron chi connectivity index (χ0n) is 13.9. The highest BCUT2D eigenvalue weighted by atomic mass is 16.3. The van der Waals surface area contributed by atoms with Crippen LogP contribution in [-0.4, -0.2) is 28.2 Å². The van der Waals surface area contributed by atoms with Gasteiger partial charge in [0.1, 0.15) is 5.78 Å². The van der Waals surface area contributed by atoms with Crippen molar-refractivity contribution >= 4 is 5.78 Å². The molecule has 4 aliphatic rings. The SMILES string of the molecule is C[C@]12CC[C@H](O)CC1C(=O)CC1C2CC[C@@]2(C)C1CC[C@@H]2O. The van der Waals surface area contributed by atoms with Crippen molar-refractivity contribution in [2.45, 2.75) is 77.4 Å². The first kappa shape index (κ1) is 15.1. The number of hydrogen-bond acceptors (Lipinski definition) is 3. The number of aliphatic hydroxyl groups excluding tert-OH is 2. The third-order valence-corrected chi connectivity index (χ3v) is 8.38. The Morgan fingerprint density at radius 3 is 2.41 bits per heavy atom. The van der Waals surface area contributed by atoms with Gasteiger partial charge in [0.15, 0.2) is 0 Å². The van der Waals surface area contributed by atoms with Crippen LogP contribution in [0.5, 0.6) is 0 Å². The molecule has 0 radical (unpaired) electrons. The van der Waals surface area contributed by atoms with Crippen LogP contribution in [0.15, 0.2) is 0 Å². The second kappa shape index (κ2) is 4.80. The molecule has 3 heteroatoms. The van der Waals surface area contributed by atoms with Gasteiger partial charge in [-0.25, -0.2) is 0 Å². The second-order valence-corrected chi connectivity index (χ2v) is 9.17. The van der Waals surface area contributed by atoms with Crippen LogP contribution in [0.1, 0.15) is 65.2 Å². The maximum absolute atomic E-state index is 12.8. The fourth-order valence-electron chi connectivity index (χ4n) is 6.99. The fourth-order valence-corrected chi connectivity index (χ4v) is 6.99. The summed E-state index contributed by atoms with van der Waals surface area (Å²) in [5.41, 5.74) is 0.132. The van der Waals surface area contributed by atoms with E-state index in [2.05, 4.69) is 13.8 Å². The quantitative estimate of drug-likeness (QED) is 0.723. The third kappa shape index (κ3) is 1.84. The van der Waals surface area contributed by atoms with E-state index in [-0.39, 0.29) is 29.0 Å². The molecule has 0 amide bonds. The predicted molar refractivity (Wildman–Crippen MR) is 84.1 cm³/mol. The fraction of sp³-hybridized carbons (Fsp3) is 0.947. The summed E-state index contributed by atoms with van der Waals surface area (Å²) >= 11 is 0. The lowest BCUT2D eigenvalue weighted by atomic mass is 9.45. The van der Waals surface area contributed by atoms with Crippen LogP contribution in [-0.2, 0) is 4.79 Å². The number of rotatable bonds is 0. The van der Waals surface area contributed by atoms with Gasteiger partial charge < -0.3 is 10.2 Å². The van der Waals surface area contributed by atoms with Gasteiger partial charge in [0.2, 0.25) is 0 Å². The first-order valence-electron chi connectivity index (χ1n) is 9.25. The minimum Gasteiger partial charge on any atom is -0.393 e. The molecule has 0 aromatic rings. The number of carbonyl (C=O) groups excluding carboxylic acids is 1. The Labute approximate surface area is 133 Å². The van der Waals surface area contributed by atoms with Crippen molar-refractivity contribution in [2.75, 3.05) is 0 Å². The van der Waals surface area contributed by atoms with Crippen molar-refractivity contribution in [3.05, 3.63) is 0 Å². The highest BCUT2D eigenvalue weighted by molar-refractivity contribution is 5.83. The highest BCUT2D eigenvalue weighted by Crippen LogP contribution is 2.65. The van der Waals surface area contributed by atoms with E-state index in [9.17, 15) is 15.0 Å². The molecule has 3 nitrogen and oxygen atoms in total. The van der Waals surface area contributed by atoms with E-state index in [1.807, 2.05) is 0 Å². The number of ketones is 1. The Hall–Kier alpha value is -0.410. The largest absolute Gasteiger partial charge is 0.393 e. The number of Topliss-reactive ketones (excluding diaryl/α,β-unsaturated/α-hetero) is 1. The van der Waals surface area contributed by atoms with E-state index >= 15 is 0 Å². The van der Waals surface area contributed by atoms with Gasteiger partial charge in [0.05, 0.1) is 12.2 Å². The number of aliphatic hydroxyl groups is 2. The molecule has 0 bridgehead atoms. The summed E-state index contributed by atoms with van der Waals surface area (Å²) in [6.45, 7) is 4.58. The minimum absolute atomic E-state index is 0.0405. The zero-order valence-corrected chi connectivity index (χ0v) is 13.9. The topological polar surface area (TPSA) is 57.5 Å². The molecule has 2 N–H and O–H groups in total. The van der Waals surface area contributed by atoms with Crippen LogP contribution in [0.2, 0.25) is 0 Å². The number of carbonyl (C=O) groups is 1. The third-order valence-electron chi connectivity index (χ3n) is 8.38. The van der Waals surface area contributed by atoms with E-state index < -0.39 is 0 Å². The standard InChI is InChI=1S/C19H30O3/c1-18-7-5-11(20)9-15(18)16(21)10-12-13-3-4-17(22)19(13,2)8-6-14(12)18/h11-15,17,20,22H,3-10H2,1-2H3/t11-,12?,13?,14?,15?,17-,18+,19-/m0/s1. The van der Waals surface area contributed by atoms with Gasteiger partial charge in [-0.05, 0) is 73.5 Å². The smallest absolute Gasteiger partial charge is 0.136 e. The summed E-state index contributed by atoms with van der Waals surface area (Å²) in [5.74, 6) is 2.09. The first-order valence-corrected chi connectivity index (χ1v) is 9.25. The van der Waals surface area contributed by atoms with Crippen molar-refractivity contribution in [1.29, 1.82) is 0 Å². The lowest BCUT2D eigenvalue weighted by Gasteiger charge is -2.59. The first-order chi connectivity index (χ1) is 10.4. The molecule has 4 unspecified atom stereocenters. The average molecular weight is 306 g/mol. The molecule has 0 heterocycles. The molecule has 22 heavy (non-hydrogen) atoms. The Morgan fingerprint density at radius 1 is 0.955 bits per heavy atom.